The Morgan fingerprint density at radius 1 is 0.833 bits per heavy atom. The summed E-state index contributed by atoms with van der Waals surface area (Å²) in [7, 11) is 0. The highest BCUT2D eigenvalue weighted by atomic mass is 32.2. The van der Waals surface area contributed by atoms with Gasteiger partial charge in [-0.3, -0.25) is 14.4 Å². The lowest BCUT2D eigenvalue weighted by atomic mass is 10.0. The van der Waals surface area contributed by atoms with Gasteiger partial charge in [0.1, 0.15) is 18.1 Å². The largest absolute Gasteiger partial charge is 0.480 e. The van der Waals surface area contributed by atoms with E-state index in [4.69, 9.17) is 5.73 Å². The predicted molar refractivity (Wildman–Crippen MR) is 123 cm³/mol. The third kappa shape index (κ3) is 11.7. The fourth-order valence-corrected chi connectivity index (χ4v) is 3.51. The molecule has 0 aromatic heterocycles. The van der Waals surface area contributed by atoms with Crippen LogP contribution in [0.5, 0.6) is 0 Å². The molecule has 0 rings (SSSR count). The zero-order chi connectivity index (χ0) is 23.3. The summed E-state index contributed by atoms with van der Waals surface area (Å²) in [6.07, 6.45) is 4.83. The normalized spacial score (nSPS) is 15.0. The molecule has 0 saturated heterocycles. The molecule has 0 aliphatic carbocycles. The lowest BCUT2D eigenvalue weighted by molar-refractivity contribution is -0.142. The van der Waals surface area contributed by atoms with Crippen LogP contribution in [0.15, 0.2) is 0 Å². The Morgan fingerprint density at radius 2 is 1.33 bits per heavy atom. The first kappa shape index (κ1) is 28.5. The van der Waals surface area contributed by atoms with Gasteiger partial charge in [0.05, 0.1) is 6.04 Å². The summed E-state index contributed by atoms with van der Waals surface area (Å²) in [5.41, 5.74) is 5.84. The number of carbonyl (C=O) groups excluding carboxylic acids is 3. The summed E-state index contributed by atoms with van der Waals surface area (Å²) in [5.74, 6) is -1.22. The van der Waals surface area contributed by atoms with Gasteiger partial charge in [0.2, 0.25) is 17.7 Å². The van der Waals surface area contributed by atoms with E-state index in [1.807, 2.05) is 26.4 Å². The second kappa shape index (κ2) is 15.4. The molecule has 0 saturated carbocycles. The Kier molecular flexibility index (Phi) is 14.6. The van der Waals surface area contributed by atoms with E-state index in [9.17, 15) is 24.3 Å². The van der Waals surface area contributed by atoms with Gasteiger partial charge < -0.3 is 26.8 Å². The van der Waals surface area contributed by atoms with E-state index in [1.54, 1.807) is 0 Å². The number of nitrogens with one attached hydrogen (secondary N) is 3. The minimum atomic E-state index is -1.12. The second-order valence-electron chi connectivity index (χ2n) is 7.49. The number of aliphatic carboxylic acids is 1. The molecule has 4 atom stereocenters. The van der Waals surface area contributed by atoms with Crippen molar-refractivity contribution in [1.82, 2.24) is 16.0 Å². The van der Waals surface area contributed by atoms with Gasteiger partial charge in [0.15, 0.2) is 0 Å². The molecule has 3 amide bonds. The summed E-state index contributed by atoms with van der Waals surface area (Å²) < 4.78 is 0. The number of carbonyl (C=O) groups is 4. The zero-order valence-electron chi connectivity index (χ0n) is 18.4. The average Bonchev–Trinajstić information content (AvgIpc) is 2.66. The summed E-state index contributed by atoms with van der Waals surface area (Å²) in [6, 6.07) is -3.52. The van der Waals surface area contributed by atoms with Crippen LogP contribution in [0, 0.1) is 5.92 Å². The van der Waals surface area contributed by atoms with Crippen LogP contribution < -0.4 is 21.7 Å². The molecular formula is C19H36N4O5S2. The molecule has 0 aliphatic rings. The molecule has 0 aromatic rings. The molecule has 0 radical (unpaired) electrons. The van der Waals surface area contributed by atoms with Gasteiger partial charge in [0, 0.05) is 0 Å². The smallest absolute Gasteiger partial charge is 0.326 e. The number of rotatable bonds is 15. The summed E-state index contributed by atoms with van der Waals surface area (Å²) in [5, 5.41) is 17.0. The van der Waals surface area contributed by atoms with Crippen LogP contribution in [0.4, 0.5) is 0 Å². The topological polar surface area (TPSA) is 151 Å². The summed E-state index contributed by atoms with van der Waals surface area (Å²) in [6.45, 7) is 5.40. The minimum absolute atomic E-state index is 0.239. The number of hydrogen-bond acceptors (Lipinski definition) is 7. The fourth-order valence-electron chi connectivity index (χ4n) is 2.57. The molecule has 9 nitrogen and oxygen atoms in total. The lowest BCUT2D eigenvalue weighted by Crippen LogP contribution is -2.56. The average molecular weight is 465 g/mol. The van der Waals surface area contributed by atoms with Gasteiger partial charge in [-0.2, -0.15) is 23.5 Å². The summed E-state index contributed by atoms with van der Waals surface area (Å²) in [4.78, 5) is 48.7. The third-order valence-electron chi connectivity index (χ3n) is 4.28. The second-order valence-corrected chi connectivity index (χ2v) is 9.46. The predicted octanol–water partition coefficient (Wildman–Crippen LogP) is 0.425. The SMILES string of the molecule is CSCCC(NC(=O)C(CCSC)NC(=O)C(C)NC(=O)C(N)CC(C)C)C(=O)O. The van der Waals surface area contributed by atoms with Crippen LogP contribution in [0.3, 0.4) is 0 Å². The van der Waals surface area contributed by atoms with Gasteiger partial charge in [0.25, 0.3) is 0 Å². The number of nitrogens with two attached hydrogens (primary N) is 1. The lowest BCUT2D eigenvalue weighted by Gasteiger charge is -2.24. The van der Waals surface area contributed by atoms with Crippen LogP contribution in [0.1, 0.15) is 40.0 Å². The number of carboxylic acids is 1. The Labute approximate surface area is 187 Å². The standard InChI is InChI=1S/C19H36N4O5S2/c1-11(2)10-13(20)17(25)21-12(3)16(24)22-14(6-8-29-4)18(26)23-15(19(27)28)7-9-30-5/h11-15H,6-10,20H2,1-5H3,(H,21,25)(H,22,24)(H,23,26)(H,27,28). The molecule has 0 aliphatic heterocycles. The van der Waals surface area contributed by atoms with E-state index in [-0.39, 0.29) is 12.3 Å². The first-order valence-corrected chi connectivity index (χ1v) is 12.7. The fraction of sp³-hybridized carbons (Fsp3) is 0.789. The van der Waals surface area contributed by atoms with Crippen LogP contribution in [0.25, 0.3) is 0 Å². The highest BCUT2D eigenvalue weighted by molar-refractivity contribution is 7.98. The van der Waals surface area contributed by atoms with Crippen molar-refractivity contribution in [1.29, 1.82) is 0 Å². The minimum Gasteiger partial charge on any atom is -0.480 e. The Balaban J connectivity index is 5.00. The maximum absolute atomic E-state index is 12.6. The molecule has 0 fully saturated rings. The van der Waals surface area contributed by atoms with Gasteiger partial charge in [-0.05, 0) is 56.1 Å². The van der Waals surface area contributed by atoms with Crippen molar-refractivity contribution in [3.8, 4) is 0 Å². The van der Waals surface area contributed by atoms with Gasteiger partial charge in [-0.25, -0.2) is 4.79 Å². The molecule has 11 heteroatoms. The van der Waals surface area contributed by atoms with Crippen LogP contribution in [-0.2, 0) is 19.2 Å². The van der Waals surface area contributed by atoms with Gasteiger partial charge in [-0.1, -0.05) is 13.8 Å². The van der Waals surface area contributed by atoms with Crippen molar-refractivity contribution >= 4 is 47.2 Å². The van der Waals surface area contributed by atoms with E-state index < -0.39 is 47.9 Å². The molecule has 4 unspecified atom stereocenters. The van der Waals surface area contributed by atoms with E-state index in [1.165, 1.54) is 30.4 Å². The van der Waals surface area contributed by atoms with E-state index in [2.05, 4.69) is 16.0 Å². The summed E-state index contributed by atoms with van der Waals surface area (Å²) >= 11 is 2.99. The molecule has 0 bridgehead atoms. The van der Waals surface area contributed by atoms with E-state index in [0.717, 1.165) is 0 Å². The molecule has 30 heavy (non-hydrogen) atoms. The number of amides is 3. The van der Waals surface area contributed by atoms with Crippen LogP contribution in [-0.4, -0.2) is 77.0 Å². The van der Waals surface area contributed by atoms with Crippen molar-refractivity contribution in [2.75, 3.05) is 24.0 Å². The quantitative estimate of drug-likeness (QED) is 0.234. The Hall–Kier alpha value is -1.46. The van der Waals surface area contributed by atoms with Gasteiger partial charge in [-0.15, -0.1) is 0 Å². The maximum Gasteiger partial charge on any atom is 0.326 e. The van der Waals surface area contributed by atoms with Crippen LogP contribution in [0.2, 0.25) is 0 Å². The highest BCUT2D eigenvalue weighted by Crippen LogP contribution is 2.06. The van der Waals surface area contributed by atoms with Gasteiger partial charge >= 0.3 is 5.97 Å². The monoisotopic (exact) mass is 464 g/mol. The number of hydrogen-bond donors (Lipinski definition) is 5. The van der Waals surface area contributed by atoms with Crippen molar-refractivity contribution in [3.63, 3.8) is 0 Å². The van der Waals surface area contributed by atoms with Crippen molar-refractivity contribution < 1.29 is 24.3 Å². The maximum atomic E-state index is 12.6. The number of thioether (sulfide) groups is 2. The third-order valence-corrected chi connectivity index (χ3v) is 5.57. The van der Waals surface area contributed by atoms with Crippen molar-refractivity contribution in [2.24, 2.45) is 11.7 Å². The molecule has 174 valence electrons. The van der Waals surface area contributed by atoms with Crippen molar-refractivity contribution in [2.45, 2.75) is 64.2 Å². The molecular weight excluding hydrogens is 428 g/mol. The van der Waals surface area contributed by atoms with E-state index >= 15 is 0 Å². The first-order chi connectivity index (χ1) is 14.0. The zero-order valence-corrected chi connectivity index (χ0v) is 20.0. The van der Waals surface area contributed by atoms with Crippen LogP contribution >= 0.6 is 23.5 Å². The molecule has 6 N–H and O–H groups in total. The molecule has 0 aromatic carbocycles. The molecule has 0 spiro atoms. The van der Waals surface area contributed by atoms with Crippen molar-refractivity contribution in [3.05, 3.63) is 0 Å². The Morgan fingerprint density at radius 3 is 1.80 bits per heavy atom. The first-order valence-electron chi connectivity index (χ1n) is 9.90. The Bertz CT molecular complexity index is 577. The number of carboxylic acid groups (broad SMARTS) is 1. The van der Waals surface area contributed by atoms with E-state index in [0.29, 0.717) is 24.3 Å². The highest BCUT2D eigenvalue weighted by Gasteiger charge is 2.28. The molecule has 0 heterocycles.